The number of nitrogens with one attached hydrogen (secondary N) is 1. The first kappa shape index (κ1) is 18.0. The minimum atomic E-state index is -0.557. The van der Waals surface area contributed by atoms with E-state index in [1.165, 1.54) is 7.11 Å². The number of likely N-dealkylation sites (tertiary alicyclic amines) is 1. The summed E-state index contributed by atoms with van der Waals surface area (Å²) in [6.07, 6.45) is 2.74. The molecular weight excluding hydrogens is 342 g/mol. The van der Waals surface area contributed by atoms with Gasteiger partial charge < -0.3 is 14.6 Å². The van der Waals surface area contributed by atoms with Crippen molar-refractivity contribution in [2.24, 2.45) is 5.92 Å². The number of aromatic amines is 1. The predicted octanol–water partition coefficient (Wildman–Crippen LogP) is 2.33. The first-order chi connectivity index (χ1) is 13.1. The van der Waals surface area contributed by atoms with Crippen LogP contribution in [-0.2, 0) is 27.3 Å². The van der Waals surface area contributed by atoms with Gasteiger partial charge in [0.25, 0.3) is 0 Å². The van der Waals surface area contributed by atoms with Gasteiger partial charge in [0.05, 0.1) is 20.2 Å². The Kier molecular flexibility index (Phi) is 4.91. The average molecular weight is 369 g/mol. The molecule has 1 saturated heterocycles. The molecule has 0 unspecified atom stereocenters. The van der Waals surface area contributed by atoms with Crippen LogP contribution in [0.1, 0.15) is 31.0 Å². The summed E-state index contributed by atoms with van der Waals surface area (Å²) in [5, 5.41) is 1.12. The molecule has 0 bridgehead atoms. The number of amides is 1. The summed E-state index contributed by atoms with van der Waals surface area (Å²) in [5.41, 5.74) is 3.19. The van der Waals surface area contributed by atoms with Crippen molar-refractivity contribution in [3.8, 4) is 0 Å². The number of benzene rings is 1. The summed E-state index contributed by atoms with van der Waals surface area (Å²) in [6, 6.07) is 7.52. The molecule has 4 rings (SSSR count). The van der Waals surface area contributed by atoms with E-state index in [-0.39, 0.29) is 11.9 Å². The Morgan fingerprint density at radius 2 is 1.96 bits per heavy atom. The number of carbonyl (C=O) groups excluding carboxylic acids is 2. The van der Waals surface area contributed by atoms with Crippen molar-refractivity contribution in [3.63, 3.8) is 0 Å². The van der Waals surface area contributed by atoms with Crippen LogP contribution in [0.2, 0.25) is 0 Å². The minimum absolute atomic E-state index is 0.00394. The van der Waals surface area contributed by atoms with Crippen LogP contribution in [0.4, 0.5) is 0 Å². The highest BCUT2D eigenvalue weighted by molar-refractivity contribution is 5.90. The minimum Gasteiger partial charge on any atom is -0.467 e. The molecule has 1 amide bonds. The summed E-state index contributed by atoms with van der Waals surface area (Å²) in [7, 11) is 1.39. The molecule has 2 aliphatic heterocycles. The summed E-state index contributed by atoms with van der Waals surface area (Å²) >= 11 is 0. The third kappa shape index (κ3) is 3.46. The number of hydrogen-bond donors (Lipinski definition) is 1. The Labute approximate surface area is 159 Å². The fourth-order valence-electron chi connectivity index (χ4n) is 4.32. The van der Waals surface area contributed by atoms with Crippen LogP contribution in [0.5, 0.6) is 0 Å². The van der Waals surface area contributed by atoms with Crippen molar-refractivity contribution in [1.82, 2.24) is 14.8 Å². The SMILES string of the molecule is COC(=O)[C@H]1Cc2c([nH]c3ccccc23)CN1C(=O)CN1CCC(C)CC1. The van der Waals surface area contributed by atoms with Gasteiger partial charge in [-0.05, 0) is 43.5 Å². The van der Waals surface area contributed by atoms with Crippen molar-refractivity contribution in [2.45, 2.75) is 38.8 Å². The maximum Gasteiger partial charge on any atom is 0.328 e. The fourth-order valence-corrected chi connectivity index (χ4v) is 4.32. The van der Waals surface area contributed by atoms with Gasteiger partial charge >= 0.3 is 5.97 Å². The second-order valence-electron chi connectivity index (χ2n) is 7.85. The topological polar surface area (TPSA) is 65.6 Å². The quantitative estimate of drug-likeness (QED) is 0.844. The largest absolute Gasteiger partial charge is 0.467 e. The highest BCUT2D eigenvalue weighted by atomic mass is 16.5. The van der Waals surface area contributed by atoms with Crippen molar-refractivity contribution < 1.29 is 14.3 Å². The number of fused-ring (bicyclic) bond motifs is 3. The first-order valence-corrected chi connectivity index (χ1v) is 9.75. The maximum absolute atomic E-state index is 13.1. The smallest absolute Gasteiger partial charge is 0.328 e. The van der Waals surface area contributed by atoms with Crippen LogP contribution in [0.3, 0.4) is 0 Å². The third-order valence-electron chi connectivity index (χ3n) is 6.03. The van der Waals surface area contributed by atoms with Gasteiger partial charge in [-0.3, -0.25) is 9.69 Å². The highest BCUT2D eigenvalue weighted by Crippen LogP contribution is 2.31. The molecule has 144 valence electrons. The molecule has 6 nitrogen and oxygen atoms in total. The number of rotatable bonds is 3. The number of esters is 1. The van der Waals surface area contributed by atoms with E-state index in [9.17, 15) is 9.59 Å². The molecular formula is C21H27N3O3. The van der Waals surface area contributed by atoms with Crippen LogP contribution < -0.4 is 0 Å². The number of methoxy groups -OCH3 is 1. The maximum atomic E-state index is 13.1. The van der Waals surface area contributed by atoms with E-state index in [1.807, 2.05) is 18.2 Å². The first-order valence-electron chi connectivity index (χ1n) is 9.75. The van der Waals surface area contributed by atoms with Gasteiger partial charge in [0.1, 0.15) is 6.04 Å². The van der Waals surface area contributed by atoms with Gasteiger partial charge in [-0.15, -0.1) is 0 Å². The Morgan fingerprint density at radius 3 is 2.70 bits per heavy atom. The molecule has 0 aliphatic carbocycles. The van der Waals surface area contributed by atoms with Crippen LogP contribution >= 0.6 is 0 Å². The molecule has 2 aromatic rings. The Bertz CT molecular complexity index is 851. The van der Waals surface area contributed by atoms with E-state index < -0.39 is 6.04 Å². The summed E-state index contributed by atoms with van der Waals surface area (Å²) in [5.74, 6) is 0.388. The second kappa shape index (κ2) is 7.35. The molecule has 1 fully saturated rings. The van der Waals surface area contributed by atoms with Crippen molar-refractivity contribution in [3.05, 3.63) is 35.5 Å². The molecule has 0 radical (unpaired) electrons. The van der Waals surface area contributed by atoms with E-state index in [0.717, 1.165) is 54.0 Å². The number of piperidine rings is 1. The summed E-state index contributed by atoms with van der Waals surface area (Å²) < 4.78 is 5.02. The van der Waals surface area contributed by atoms with E-state index >= 15 is 0 Å². The number of para-hydroxylation sites is 1. The van der Waals surface area contributed by atoms with Gasteiger partial charge in [-0.25, -0.2) is 4.79 Å². The number of hydrogen-bond acceptors (Lipinski definition) is 4. The lowest BCUT2D eigenvalue weighted by atomic mass is 9.96. The lowest BCUT2D eigenvalue weighted by Crippen LogP contribution is -2.52. The molecule has 0 saturated carbocycles. The van der Waals surface area contributed by atoms with Crippen molar-refractivity contribution >= 4 is 22.8 Å². The van der Waals surface area contributed by atoms with Gasteiger partial charge in [-0.2, -0.15) is 0 Å². The zero-order valence-electron chi connectivity index (χ0n) is 16.0. The lowest BCUT2D eigenvalue weighted by molar-refractivity contribution is -0.154. The van der Waals surface area contributed by atoms with Crippen LogP contribution in [0, 0.1) is 5.92 Å². The molecule has 1 N–H and O–H groups in total. The normalized spacial score (nSPS) is 21.3. The molecule has 1 aromatic heterocycles. The van der Waals surface area contributed by atoms with Crippen LogP contribution in [-0.4, -0.2) is 59.4 Å². The summed E-state index contributed by atoms with van der Waals surface area (Å²) in [4.78, 5) is 32.8. The molecule has 27 heavy (non-hydrogen) atoms. The molecule has 0 spiro atoms. The lowest BCUT2D eigenvalue weighted by Gasteiger charge is -2.36. The molecule has 3 heterocycles. The van der Waals surface area contributed by atoms with Crippen molar-refractivity contribution in [1.29, 1.82) is 0 Å². The van der Waals surface area contributed by atoms with E-state index in [4.69, 9.17) is 4.74 Å². The monoisotopic (exact) mass is 369 g/mol. The summed E-state index contributed by atoms with van der Waals surface area (Å²) in [6.45, 7) is 4.94. The number of carbonyl (C=O) groups is 2. The Morgan fingerprint density at radius 1 is 1.22 bits per heavy atom. The van der Waals surface area contributed by atoms with Gasteiger partial charge in [0, 0.05) is 23.0 Å². The zero-order valence-corrected chi connectivity index (χ0v) is 16.0. The highest BCUT2D eigenvalue weighted by Gasteiger charge is 2.37. The van der Waals surface area contributed by atoms with E-state index in [2.05, 4.69) is 22.9 Å². The molecule has 6 heteroatoms. The Balaban J connectivity index is 1.58. The van der Waals surface area contributed by atoms with Crippen LogP contribution in [0.25, 0.3) is 10.9 Å². The van der Waals surface area contributed by atoms with E-state index in [1.54, 1.807) is 4.90 Å². The van der Waals surface area contributed by atoms with Gasteiger partial charge in [-0.1, -0.05) is 25.1 Å². The predicted molar refractivity (Wildman–Crippen MR) is 103 cm³/mol. The molecule has 1 aromatic carbocycles. The van der Waals surface area contributed by atoms with Gasteiger partial charge in [0.2, 0.25) is 5.91 Å². The third-order valence-corrected chi connectivity index (χ3v) is 6.03. The van der Waals surface area contributed by atoms with Crippen molar-refractivity contribution in [2.75, 3.05) is 26.7 Å². The molecule has 1 atom stereocenters. The molecule has 2 aliphatic rings. The van der Waals surface area contributed by atoms with E-state index in [0.29, 0.717) is 19.5 Å². The average Bonchev–Trinajstić information content (AvgIpc) is 3.05. The standard InChI is InChI=1S/C21H27N3O3/c1-14-7-9-23(10-8-14)13-20(25)24-12-18-16(11-19(24)21(26)27-2)15-5-3-4-6-17(15)22-18/h3-6,14,19,22H,7-13H2,1-2H3/t19-/m1/s1. The second-order valence-corrected chi connectivity index (χ2v) is 7.85. The number of nitrogens with zero attached hydrogens (tertiary/aromatic N) is 2. The Hall–Kier alpha value is -2.34. The van der Waals surface area contributed by atoms with Gasteiger partial charge in [0.15, 0.2) is 0 Å². The fraction of sp³-hybridized carbons (Fsp3) is 0.524. The zero-order chi connectivity index (χ0) is 19.0. The number of aromatic nitrogens is 1. The number of ether oxygens (including phenoxy) is 1. The van der Waals surface area contributed by atoms with Crippen LogP contribution in [0.15, 0.2) is 24.3 Å². The number of H-pyrrole nitrogens is 1.